The number of amides is 3. The van der Waals surface area contributed by atoms with Gasteiger partial charge in [0.1, 0.15) is 0 Å². The molecule has 1 aromatic carbocycles. The molecule has 3 rings (SSSR count). The number of hydrogen-bond donors (Lipinski definition) is 1. The van der Waals surface area contributed by atoms with Gasteiger partial charge in [-0.3, -0.25) is 14.4 Å². The molecule has 0 radical (unpaired) electrons. The number of fused-ring (bicyclic) bond motifs is 1. The van der Waals surface area contributed by atoms with Gasteiger partial charge < -0.3 is 14.7 Å². The molecule has 0 bridgehead atoms. The molecule has 0 atom stereocenters. The standard InChI is InChI=1S/C17H22N4O5S/c1-12(22)20-5-7-21(8-6-20)17(24)11-18-27(25,26)14-3-4-15-13(9-14)10-16(23)19(15)2/h3-4,9,18H,5-8,10-11H2,1-2H3. The Bertz CT molecular complexity index is 891. The Balaban J connectivity index is 1.61. The van der Waals surface area contributed by atoms with Crippen LogP contribution in [-0.2, 0) is 30.8 Å². The molecule has 0 spiro atoms. The number of rotatable bonds is 4. The van der Waals surface area contributed by atoms with Crippen molar-refractivity contribution in [2.45, 2.75) is 18.2 Å². The highest BCUT2D eigenvalue weighted by atomic mass is 32.2. The van der Waals surface area contributed by atoms with Gasteiger partial charge in [0.05, 0.1) is 17.9 Å². The Morgan fingerprint density at radius 3 is 2.37 bits per heavy atom. The highest BCUT2D eigenvalue weighted by Crippen LogP contribution is 2.29. The van der Waals surface area contributed by atoms with E-state index in [0.717, 1.165) is 0 Å². The molecule has 2 aliphatic rings. The first-order chi connectivity index (χ1) is 12.7. The second-order valence-corrected chi connectivity index (χ2v) is 8.40. The first kappa shape index (κ1) is 19.3. The van der Waals surface area contributed by atoms with Crippen molar-refractivity contribution >= 4 is 33.4 Å². The third-order valence-corrected chi connectivity index (χ3v) is 6.33. The first-order valence-electron chi connectivity index (χ1n) is 8.61. The smallest absolute Gasteiger partial charge is 0.241 e. The molecule has 0 aliphatic carbocycles. The van der Waals surface area contributed by atoms with Gasteiger partial charge in [0.15, 0.2) is 0 Å². The number of nitrogens with one attached hydrogen (secondary N) is 1. The molecule has 1 fully saturated rings. The van der Waals surface area contributed by atoms with Crippen LogP contribution < -0.4 is 9.62 Å². The topological polar surface area (TPSA) is 107 Å². The van der Waals surface area contributed by atoms with Crippen LogP contribution in [-0.4, -0.2) is 75.7 Å². The van der Waals surface area contributed by atoms with Crippen LogP contribution in [0.15, 0.2) is 23.1 Å². The second kappa shape index (κ2) is 7.28. The summed E-state index contributed by atoms with van der Waals surface area (Å²) in [5.41, 5.74) is 1.34. The SMILES string of the molecule is CC(=O)N1CCN(C(=O)CNS(=O)(=O)c2ccc3c(c2)CC(=O)N3C)CC1. The number of nitrogens with zero attached hydrogens (tertiary/aromatic N) is 3. The third kappa shape index (κ3) is 3.96. The van der Waals surface area contributed by atoms with Crippen LogP contribution in [0.5, 0.6) is 0 Å². The fraction of sp³-hybridized carbons (Fsp3) is 0.471. The van der Waals surface area contributed by atoms with Gasteiger partial charge in [0.2, 0.25) is 27.7 Å². The molecular formula is C17H22N4O5S. The number of carbonyl (C=O) groups is 3. The Morgan fingerprint density at radius 2 is 1.74 bits per heavy atom. The molecule has 2 heterocycles. The summed E-state index contributed by atoms with van der Waals surface area (Å²) in [5, 5.41) is 0. The van der Waals surface area contributed by atoms with Crippen LogP contribution in [0.1, 0.15) is 12.5 Å². The van der Waals surface area contributed by atoms with Crippen molar-refractivity contribution in [3.63, 3.8) is 0 Å². The molecule has 10 heteroatoms. The zero-order valence-electron chi connectivity index (χ0n) is 15.3. The van der Waals surface area contributed by atoms with Crippen molar-refractivity contribution in [2.24, 2.45) is 0 Å². The highest BCUT2D eigenvalue weighted by Gasteiger charge is 2.27. The van der Waals surface area contributed by atoms with E-state index >= 15 is 0 Å². The molecule has 2 aliphatic heterocycles. The third-order valence-electron chi connectivity index (χ3n) is 4.93. The van der Waals surface area contributed by atoms with E-state index in [1.807, 2.05) is 0 Å². The van der Waals surface area contributed by atoms with Crippen LogP contribution in [0.4, 0.5) is 5.69 Å². The van der Waals surface area contributed by atoms with E-state index in [2.05, 4.69) is 4.72 Å². The summed E-state index contributed by atoms with van der Waals surface area (Å²) < 4.78 is 27.3. The van der Waals surface area contributed by atoms with Gasteiger partial charge in [-0.1, -0.05) is 0 Å². The Morgan fingerprint density at radius 1 is 1.11 bits per heavy atom. The van der Waals surface area contributed by atoms with Gasteiger partial charge in [-0.15, -0.1) is 0 Å². The van der Waals surface area contributed by atoms with Crippen molar-refractivity contribution in [2.75, 3.05) is 44.7 Å². The summed E-state index contributed by atoms with van der Waals surface area (Å²) in [4.78, 5) is 40.0. The number of sulfonamides is 1. The lowest BCUT2D eigenvalue weighted by Crippen LogP contribution is -2.52. The van der Waals surface area contributed by atoms with Crippen molar-refractivity contribution in [3.8, 4) is 0 Å². The van der Waals surface area contributed by atoms with Gasteiger partial charge in [-0.2, -0.15) is 0 Å². The zero-order chi connectivity index (χ0) is 19.8. The summed E-state index contributed by atoms with van der Waals surface area (Å²) in [6, 6.07) is 4.49. The maximum Gasteiger partial charge on any atom is 0.241 e. The summed E-state index contributed by atoms with van der Waals surface area (Å²) in [6.45, 7) is 2.78. The minimum Gasteiger partial charge on any atom is -0.339 e. The predicted octanol–water partition coefficient (Wildman–Crippen LogP) is -0.825. The quantitative estimate of drug-likeness (QED) is 0.718. The molecule has 27 heavy (non-hydrogen) atoms. The van der Waals surface area contributed by atoms with Gasteiger partial charge in [-0.25, -0.2) is 13.1 Å². The summed E-state index contributed by atoms with van der Waals surface area (Å²) in [7, 11) is -2.22. The number of likely N-dealkylation sites (N-methyl/N-ethyl adjacent to an activating group) is 1. The molecule has 0 saturated carbocycles. The van der Waals surface area contributed by atoms with E-state index in [1.54, 1.807) is 18.0 Å². The number of hydrogen-bond acceptors (Lipinski definition) is 5. The predicted molar refractivity (Wildman–Crippen MR) is 97.6 cm³/mol. The maximum atomic E-state index is 12.5. The van der Waals surface area contributed by atoms with E-state index in [9.17, 15) is 22.8 Å². The van der Waals surface area contributed by atoms with Gasteiger partial charge >= 0.3 is 0 Å². The molecule has 9 nitrogen and oxygen atoms in total. The van der Waals surface area contributed by atoms with E-state index in [4.69, 9.17) is 0 Å². The molecule has 0 aromatic heterocycles. The van der Waals surface area contributed by atoms with E-state index in [0.29, 0.717) is 37.4 Å². The van der Waals surface area contributed by atoms with Crippen molar-refractivity contribution in [1.29, 1.82) is 0 Å². The maximum absolute atomic E-state index is 12.5. The minimum absolute atomic E-state index is 0.0264. The molecule has 1 aromatic rings. The largest absolute Gasteiger partial charge is 0.339 e. The average Bonchev–Trinajstić information content (AvgIpc) is 2.93. The number of anilines is 1. The van der Waals surface area contributed by atoms with Crippen LogP contribution in [0.25, 0.3) is 0 Å². The van der Waals surface area contributed by atoms with E-state index < -0.39 is 10.0 Å². The Labute approximate surface area is 158 Å². The lowest BCUT2D eigenvalue weighted by atomic mass is 10.2. The normalized spacial score (nSPS) is 17.3. The van der Waals surface area contributed by atoms with Crippen LogP contribution >= 0.6 is 0 Å². The van der Waals surface area contributed by atoms with Crippen LogP contribution in [0.3, 0.4) is 0 Å². The van der Waals surface area contributed by atoms with Crippen molar-refractivity contribution < 1.29 is 22.8 Å². The monoisotopic (exact) mass is 394 g/mol. The zero-order valence-corrected chi connectivity index (χ0v) is 16.1. The van der Waals surface area contributed by atoms with Crippen LogP contribution in [0.2, 0.25) is 0 Å². The molecule has 146 valence electrons. The van der Waals surface area contributed by atoms with E-state index in [-0.39, 0.29) is 35.6 Å². The second-order valence-electron chi connectivity index (χ2n) is 6.63. The number of piperazine rings is 1. The van der Waals surface area contributed by atoms with Gasteiger partial charge in [0, 0.05) is 45.8 Å². The fourth-order valence-electron chi connectivity index (χ4n) is 3.24. The average molecular weight is 394 g/mol. The Kier molecular flexibility index (Phi) is 5.20. The van der Waals surface area contributed by atoms with Crippen molar-refractivity contribution in [3.05, 3.63) is 23.8 Å². The number of benzene rings is 1. The molecule has 1 saturated heterocycles. The van der Waals surface area contributed by atoms with Crippen LogP contribution in [0, 0.1) is 0 Å². The van der Waals surface area contributed by atoms with Gasteiger partial charge in [-0.05, 0) is 23.8 Å². The van der Waals surface area contributed by atoms with Gasteiger partial charge in [0.25, 0.3) is 0 Å². The summed E-state index contributed by atoms with van der Waals surface area (Å²) in [5.74, 6) is -0.464. The fourth-order valence-corrected chi connectivity index (χ4v) is 4.26. The highest BCUT2D eigenvalue weighted by molar-refractivity contribution is 7.89. The number of carbonyl (C=O) groups excluding carboxylic acids is 3. The summed E-state index contributed by atoms with van der Waals surface area (Å²) >= 11 is 0. The molecule has 3 amide bonds. The van der Waals surface area contributed by atoms with Crippen molar-refractivity contribution in [1.82, 2.24) is 14.5 Å². The lowest BCUT2D eigenvalue weighted by molar-refractivity contribution is -0.137. The summed E-state index contributed by atoms with van der Waals surface area (Å²) in [6.07, 6.45) is 0.161. The molecule has 1 N–H and O–H groups in total. The minimum atomic E-state index is -3.87. The first-order valence-corrected chi connectivity index (χ1v) is 10.1. The van der Waals surface area contributed by atoms with E-state index in [1.165, 1.54) is 28.9 Å². The molecule has 0 unspecified atom stereocenters. The Hall–Kier alpha value is -2.46. The lowest BCUT2D eigenvalue weighted by Gasteiger charge is -2.34. The molecular weight excluding hydrogens is 372 g/mol.